The average Bonchev–Trinajstić information content (AvgIpc) is 3.17. The van der Waals surface area contributed by atoms with Gasteiger partial charge in [0.05, 0.1) is 16.3 Å². The molecule has 2 aromatic carbocycles. The van der Waals surface area contributed by atoms with Gasteiger partial charge in [0.25, 0.3) is 11.9 Å². The first-order chi connectivity index (χ1) is 12.9. The quantitative estimate of drug-likeness (QED) is 0.470. The number of nitrogens with zero attached hydrogens (tertiary/aromatic N) is 3. The molecule has 0 aliphatic rings. The van der Waals surface area contributed by atoms with Gasteiger partial charge in [-0.3, -0.25) is 10.1 Å². The van der Waals surface area contributed by atoms with E-state index in [0.717, 1.165) is 16.8 Å². The predicted molar refractivity (Wildman–Crippen MR) is 110 cm³/mol. The molecule has 1 amide bonds. The zero-order valence-electron chi connectivity index (χ0n) is 14.5. The summed E-state index contributed by atoms with van der Waals surface area (Å²) in [7, 11) is 0. The van der Waals surface area contributed by atoms with E-state index in [0.29, 0.717) is 15.0 Å². The number of carbonyl (C=O) groups excluding carboxylic acids is 1. The van der Waals surface area contributed by atoms with Crippen molar-refractivity contribution in [1.29, 1.82) is 0 Å². The number of nitrogens with one attached hydrogen (secondary N) is 1. The molecule has 0 aliphatic heterocycles. The molecule has 0 radical (unpaired) electrons. The Morgan fingerprint density at radius 3 is 2.74 bits per heavy atom. The number of carbonyl (C=O) groups is 1. The van der Waals surface area contributed by atoms with Crippen LogP contribution in [0.15, 0.2) is 41.8 Å². The highest BCUT2D eigenvalue weighted by molar-refractivity contribution is 7.15. The van der Waals surface area contributed by atoms with Gasteiger partial charge in [0.2, 0.25) is 4.96 Å². The SMILES string of the molecule is Cc1ccc(-c2csc3nc(NC(=O)c4cc(Cl)ccc4Cl)nn23)c(C)c1. The molecule has 0 spiro atoms. The number of fused-ring (bicyclic) bond motifs is 1. The molecule has 27 heavy (non-hydrogen) atoms. The summed E-state index contributed by atoms with van der Waals surface area (Å²) in [6.45, 7) is 4.12. The zero-order valence-corrected chi connectivity index (χ0v) is 16.8. The third-order valence-corrected chi connectivity index (χ3v) is 5.52. The molecule has 1 N–H and O–H groups in total. The summed E-state index contributed by atoms with van der Waals surface area (Å²) < 4.78 is 1.73. The Morgan fingerprint density at radius 2 is 1.96 bits per heavy atom. The molecule has 0 saturated carbocycles. The van der Waals surface area contributed by atoms with E-state index in [9.17, 15) is 4.79 Å². The third-order valence-electron chi connectivity index (χ3n) is 4.14. The lowest BCUT2D eigenvalue weighted by molar-refractivity contribution is 0.102. The molecule has 2 heterocycles. The highest BCUT2D eigenvalue weighted by atomic mass is 35.5. The Hall–Kier alpha value is -2.41. The van der Waals surface area contributed by atoms with Crippen molar-refractivity contribution in [3.63, 3.8) is 0 Å². The maximum absolute atomic E-state index is 12.5. The number of benzene rings is 2. The smallest absolute Gasteiger partial charge is 0.259 e. The minimum atomic E-state index is -0.409. The molecule has 0 bridgehead atoms. The first kappa shape index (κ1) is 18.0. The minimum absolute atomic E-state index is 0.217. The van der Waals surface area contributed by atoms with Crippen LogP contribution in [0, 0.1) is 13.8 Å². The molecule has 4 aromatic rings. The fourth-order valence-electron chi connectivity index (χ4n) is 2.86. The van der Waals surface area contributed by atoms with Crippen LogP contribution in [0.2, 0.25) is 10.0 Å². The van der Waals surface area contributed by atoms with E-state index in [1.165, 1.54) is 23.0 Å². The molecular formula is C19H14Cl2N4OS. The fraction of sp³-hybridized carbons (Fsp3) is 0.105. The Bertz CT molecular complexity index is 1180. The van der Waals surface area contributed by atoms with Crippen molar-refractivity contribution >= 4 is 51.4 Å². The van der Waals surface area contributed by atoms with Crippen LogP contribution in [0.5, 0.6) is 0 Å². The van der Waals surface area contributed by atoms with Gasteiger partial charge < -0.3 is 0 Å². The van der Waals surface area contributed by atoms with Gasteiger partial charge in [0, 0.05) is 16.0 Å². The lowest BCUT2D eigenvalue weighted by Crippen LogP contribution is -2.13. The van der Waals surface area contributed by atoms with Crippen LogP contribution in [0.3, 0.4) is 0 Å². The monoisotopic (exact) mass is 416 g/mol. The van der Waals surface area contributed by atoms with Crippen molar-refractivity contribution in [3.05, 3.63) is 68.5 Å². The van der Waals surface area contributed by atoms with Gasteiger partial charge in [-0.1, -0.05) is 47.0 Å². The Kier molecular flexibility index (Phi) is 4.63. The average molecular weight is 417 g/mol. The van der Waals surface area contributed by atoms with Crippen molar-refractivity contribution < 1.29 is 4.79 Å². The van der Waals surface area contributed by atoms with Crippen LogP contribution in [-0.4, -0.2) is 20.5 Å². The molecule has 0 fully saturated rings. The second-order valence-electron chi connectivity index (χ2n) is 6.15. The summed E-state index contributed by atoms with van der Waals surface area (Å²) in [6, 6.07) is 11.0. The molecule has 0 unspecified atom stereocenters. The van der Waals surface area contributed by atoms with E-state index in [4.69, 9.17) is 23.2 Å². The summed E-state index contributed by atoms with van der Waals surface area (Å²) in [5.74, 6) is -0.192. The Balaban J connectivity index is 1.68. The molecule has 0 atom stereocenters. The number of amides is 1. The second-order valence-corrected chi connectivity index (χ2v) is 7.83. The zero-order chi connectivity index (χ0) is 19.1. The van der Waals surface area contributed by atoms with Crippen molar-refractivity contribution in [2.45, 2.75) is 13.8 Å². The number of hydrogen-bond acceptors (Lipinski definition) is 4. The maximum Gasteiger partial charge on any atom is 0.259 e. The van der Waals surface area contributed by atoms with Crippen LogP contribution in [0.1, 0.15) is 21.5 Å². The van der Waals surface area contributed by atoms with E-state index in [-0.39, 0.29) is 11.5 Å². The van der Waals surface area contributed by atoms with Crippen LogP contribution < -0.4 is 5.32 Å². The van der Waals surface area contributed by atoms with Gasteiger partial charge in [0.15, 0.2) is 0 Å². The van der Waals surface area contributed by atoms with Crippen LogP contribution in [0.4, 0.5) is 5.95 Å². The molecule has 0 saturated heterocycles. The summed E-state index contributed by atoms with van der Waals surface area (Å²) in [5, 5.41) is 9.88. The van der Waals surface area contributed by atoms with E-state index in [1.54, 1.807) is 16.6 Å². The number of thiazole rings is 1. The second kappa shape index (κ2) is 6.96. The van der Waals surface area contributed by atoms with E-state index < -0.39 is 5.91 Å². The minimum Gasteiger partial charge on any atom is -0.289 e. The largest absolute Gasteiger partial charge is 0.289 e. The van der Waals surface area contributed by atoms with E-state index in [1.807, 2.05) is 5.38 Å². The summed E-state index contributed by atoms with van der Waals surface area (Å²) in [6.07, 6.45) is 0. The molecule has 8 heteroatoms. The van der Waals surface area contributed by atoms with Gasteiger partial charge in [-0.15, -0.1) is 16.4 Å². The Labute approximate surface area is 169 Å². The lowest BCUT2D eigenvalue weighted by Gasteiger charge is -2.05. The molecule has 5 nitrogen and oxygen atoms in total. The number of halogens is 2. The van der Waals surface area contributed by atoms with Crippen LogP contribution >= 0.6 is 34.5 Å². The Morgan fingerprint density at radius 1 is 1.15 bits per heavy atom. The number of anilines is 1. The number of rotatable bonds is 3. The van der Waals surface area contributed by atoms with Crippen molar-refractivity contribution in [1.82, 2.24) is 14.6 Å². The summed E-state index contributed by atoms with van der Waals surface area (Å²) >= 11 is 13.5. The fourth-order valence-corrected chi connectivity index (χ4v) is 4.06. The standard InChI is InChI=1S/C19H14Cl2N4OS/c1-10-3-5-13(11(2)7-10)16-9-27-19-23-18(24-25(16)19)22-17(26)14-8-12(20)4-6-15(14)21/h3-9H,1-2H3,(H,22,24,26). The van der Waals surface area contributed by atoms with Gasteiger partial charge in [-0.05, 0) is 37.6 Å². The molecule has 2 aromatic heterocycles. The van der Waals surface area contributed by atoms with E-state index >= 15 is 0 Å². The maximum atomic E-state index is 12.5. The molecular weight excluding hydrogens is 403 g/mol. The van der Waals surface area contributed by atoms with Gasteiger partial charge in [0.1, 0.15) is 0 Å². The van der Waals surface area contributed by atoms with Crippen molar-refractivity contribution in [2.75, 3.05) is 5.32 Å². The summed E-state index contributed by atoms with van der Waals surface area (Å²) in [4.78, 5) is 17.6. The normalized spacial score (nSPS) is 11.1. The van der Waals surface area contributed by atoms with Crippen molar-refractivity contribution in [2.24, 2.45) is 0 Å². The molecule has 4 rings (SSSR count). The lowest BCUT2D eigenvalue weighted by atomic mass is 10.0. The third kappa shape index (κ3) is 3.43. The van der Waals surface area contributed by atoms with Crippen LogP contribution in [-0.2, 0) is 0 Å². The molecule has 0 aliphatic carbocycles. The summed E-state index contributed by atoms with van der Waals surface area (Å²) in [5.41, 5.74) is 4.64. The topological polar surface area (TPSA) is 59.3 Å². The predicted octanol–water partition coefficient (Wildman–Crippen LogP) is 5.63. The highest BCUT2D eigenvalue weighted by Crippen LogP contribution is 2.29. The van der Waals surface area contributed by atoms with Crippen molar-refractivity contribution in [3.8, 4) is 11.3 Å². The first-order valence-corrected chi connectivity index (χ1v) is 9.74. The van der Waals surface area contributed by atoms with Gasteiger partial charge in [-0.2, -0.15) is 4.98 Å². The van der Waals surface area contributed by atoms with E-state index in [2.05, 4.69) is 47.4 Å². The van der Waals surface area contributed by atoms with Gasteiger partial charge >= 0.3 is 0 Å². The number of hydrogen-bond donors (Lipinski definition) is 1. The number of aromatic nitrogens is 3. The molecule has 136 valence electrons. The first-order valence-electron chi connectivity index (χ1n) is 8.10. The number of aryl methyl sites for hydroxylation is 2. The highest BCUT2D eigenvalue weighted by Gasteiger charge is 2.17. The van der Waals surface area contributed by atoms with Gasteiger partial charge in [-0.25, -0.2) is 4.52 Å². The van der Waals surface area contributed by atoms with Crippen LogP contribution in [0.25, 0.3) is 16.2 Å².